The molecule has 1 aliphatic rings. The minimum atomic E-state index is -0.718. The fourth-order valence-electron chi connectivity index (χ4n) is 2.36. The Kier molecular flexibility index (Phi) is 3.36. The number of nitrogens with zero attached hydrogens (tertiary/aromatic N) is 1. The molecule has 92 valence electrons. The molecule has 0 spiro atoms. The van der Waals surface area contributed by atoms with E-state index in [1.807, 2.05) is 29.2 Å². The molecular weight excluding hydrogens is 214 g/mol. The molecule has 0 aliphatic carbocycles. The summed E-state index contributed by atoms with van der Waals surface area (Å²) in [6, 6.07) is 7.63. The Hall–Kier alpha value is -1.51. The maximum Gasteiger partial charge on any atom is 0.326 e. The summed E-state index contributed by atoms with van der Waals surface area (Å²) >= 11 is 0. The van der Waals surface area contributed by atoms with Gasteiger partial charge in [0.05, 0.1) is 0 Å². The van der Waals surface area contributed by atoms with Crippen LogP contribution >= 0.6 is 0 Å². The minimum Gasteiger partial charge on any atom is -0.480 e. The van der Waals surface area contributed by atoms with Crippen molar-refractivity contribution in [1.82, 2.24) is 0 Å². The Labute approximate surface area is 102 Å². The van der Waals surface area contributed by atoms with E-state index in [1.54, 1.807) is 0 Å². The van der Waals surface area contributed by atoms with Crippen LogP contribution in [0.1, 0.15) is 25.8 Å². The third-order valence-corrected chi connectivity index (χ3v) is 3.58. The van der Waals surface area contributed by atoms with Crippen molar-refractivity contribution < 1.29 is 9.90 Å². The van der Waals surface area contributed by atoms with Gasteiger partial charge in [-0.1, -0.05) is 38.5 Å². The molecule has 0 bridgehead atoms. The summed E-state index contributed by atoms with van der Waals surface area (Å²) in [6.07, 6.45) is 1.70. The van der Waals surface area contributed by atoms with Crippen LogP contribution < -0.4 is 4.90 Å². The van der Waals surface area contributed by atoms with E-state index in [0.29, 0.717) is 12.3 Å². The average Bonchev–Trinajstić information content (AvgIpc) is 2.68. The lowest BCUT2D eigenvalue weighted by Gasteiger charge is -2.27. The Morgan fingerprint density at radius 2 is 2.24 bits per heavy atom. The number of aliphatic carboxylic acids is 1. The highest BCUT2D eigenvalue weighted by Gasteiger charge is 2.34. The van der Waals surface area contributed by atoms with Gasteiger partial charge in [-0.3, -0.25) is 0 Å². The Balaban J connectivity index is 2.27. The zero-order valence-corrected chi connectivity index (χ0v) is 10.4. The Morgan fingerprint density at radius 1 is 1.53 bits per heavy atom. The lowest BCUT2D eigenvalue weighted by molar-refractivity contribution is -0.138. The van der Waals surface area contributed by atoms with Gasteiger partial charge in [0.2, 0.25) is 0 Å². The molecule has 0 aromatic heterocycles. The lowest BCUT2D eigenvalue weighted by Crippen LogP contribution is -2.41. The molecule has 1 N–H and O–H groups in total. The fraction of sp³-hybridized carbons (Fsp3) is 0.500. The number of benzene rings is 1. The molecule has 0 amide bonds. The van der Waals surface area contributed by atoms with Crippen LogP contribution in [0.25, 0.3) is 0 Å². The number of anilines is 1. The molecule has 3 heteroatoms. The molecule has 0 fully saturated rings. The van der Waals surface area contributed by atoms with Crippen LogP contribution in [0.3, 0.4) is 0 Å². The van der Waals surface area contributed by atoms with E-state index in [0.717, 1.165) is 24.2 Å². The van der Waals surface area contributed by atoms with E-state index in [4.69, 9.17) is 0 Å². The second-order valence-electron chi connectivity index (χ2n) is 4.85. The first-order valence-corrected chi connectivity index (χ1v) is 6.20. The van der Waals surface area contributed by atoms with Crippen molar-refractivity contribution in [1.29, 1.82) is 0 Å². The normalized spacial score (nSPS) is 20.1. The average molecular weight is 233 g/mol. The monoisotopic (exact) mass is 233 g/mol. The van der Waals surface area contributed by atoms with Gasteiger partial charge >= 0.3 is 5.97 Å². The summed E-state index contributed by atoms with van der Waals surface area (Å²) in [5.41, 5.74) is 2.25. The van der Waals surface area contributed by atoms with Gasteiger partial charge in [-0.2, -0.15) is 0 Å². The van der Waals surface area contributed by atoms with Crippen LogP contribution in [0.5, 0.6) is 0 Å². The number of hydrogen-bond acceptors (Lipinski definition) is 2. The maximum absolute atomic E-state index is 11.3. The number of para-hydroxylation sites is 1. The van der Waals surface area contributed by atoms with Crippen LogP contribution in [0.15, 0.2) is 24.3 Å². The topological polar surface area (TPSA) is 40.5 Å². The smallest absolute Gasteiger partial charge is 0.326 e. The highest BCUT2D eigenvalue weighted by molar-refractivity contribution is 5.82. The van der Waals surface area contributed by atoms with Crippen molar-refractivity contribution in [3.8, 4) is 0 Å². The first-order valence-electron chi connectivity index (χ1n) is 6.20. The molecule has 0 radical (unpaired) electrons. The van der Waals surface area contributed by atoms with Crippen molar-refractivity contribution in [2.45, 2.75) is 32.7 Å². The van der Waals surface area contributed by atoms with E-state index < -0.39 is 5.97 Å². The molecule has 1 aromatic rings. The van der Waals surface area contributed by atoms with Crippen molar-refractivity contribution in [2.75, 3.05) is 11.4 Å². The number of hydrogen-bond donors (Lipinski definition) is 1. The van der Waals surface area contributed by atoms with Gasteiger partial charge in [-0.15, -0.1) is 0 Å². The second-order valence-corrected chi connectivity index (χ2v) is 4.85. The predicted octanol–water partition coefficient (Wildman–Crippen LogP) is 2.55. The highest BCUT2D eigenvalue weighted by atomic mass is 16.4. The number of fused-ring (bicyclic) bond motifs is 1. The molecule has 1 aromatic carbocycles. The predicted molar refractivity (Wildman–Crippen MR) is 68.4 cm³/mol. The Morgan fingerprint density at radius 3 is 2.88 bits per heavy atom. The van der Waals surface area contributed by atoms with E-state index in [2.05, 4.69) is 13.8 Å². The summed E-state index contributed by atoms with van der Waals surface area (Å²) in [4.78, 5) is 13.4. The fourth-order valence-corrected chi connectivity index (χ4v) is 2.36. The molecule has 3 nitrogen and oxygen atoms in total. The molecule has 1 aliphatic heterocycles. The second kappa shape index (κ2) is 4.78. The van der Waals surface area contributed by atoms with E-state index in [1.165, 1.54) is 0 Å². The minimum absolute atomic E-state index is 0.388. The molecule has 17 heavy (non-hydrogen) atoms. The van der Waals surface area contributed by atoms with Gasteiger partial charge in [-0.05, 0) is 17.5 Å². The molecule has 2 atom stereocenters. The van der Waals surface area contributed by atoms with Crippen LogP contribution in [-0.2, 0) is 11.2 Å². The summed E-state index contributed by atoms with van der Waals surface area (Å²) < 4.78 is 0. The van der Waals surface area contributed by atoms with Gasteiger partial charge in [0.1, 0.15) is 6.04 Å². The molecule has 2 unspecified atom stereocenters. The van der Waals surface area contributed by atoms with Gasteiger partial charge in [0.25, 0.3) is 0 Å². The van der Waals surface area contributed by atoms with Crippen LogP contribution in [0.2, 0.25) is 0 Å². The van der Waals surface area contributed by atoms with Gasteiger partial charge in [-0.25, -0.2) is 4.79 Å². The van der Waals surface area contributed by atoms with Gasteiger partial charge in [0, 0.05) is 18.7 Å². The van der Waals surface area contributed by atoms with Crippen LogP contribution in [0.4, 0.5) is 5.69 Å². The number of rotatable bonds is 4. The third kappa shape index (κ3) is 2.28. The lowest BCUT2D eigenvalue weighted by atomic mass is 10.1. The summed E-state index contributed by atoms with van der Waals surface area (Å²) in [5, 5.41) is 9.30. The summed E-state index contributed by atoms with van der Waals surface area (Å²) in [7, 11) is 0. The summed E-state index contributed by atoms with van der Waals surface area (Å²) in [5.74, 6) is -0.201. The molecule has 0 saturated heterocycles. The SMILES string of the molecule is CCC(C)CN1c2ccccc2CC1C(=O)O. The van der Waals surface area contributed by atoms with Crippen molar-refractivity contribution in [3.63, 3.8) is 0 Å². The van der Waals surface area contributed by atoms with Gasteiger partial charge < -0.3 is 10.0 Å². The molecule has 2 rings (SSSR count). The third-order valence-electron chi connectivity index (χ3n) is 3.58. The van der Waals surface area contributed by atoms with Gasteiger partial charge in [0.15, 0.2) is 0 Å². The first kappa shape index (κ1) is 12.0. The van der Waals surface area contributed by atoms with E-state index in [-0.39, 0.29) is 6.04 Å². The summed E-state index contributed by atoms with van der Waals surface area (Å²) in [6.45, 7) is 5.13. The zero-order valence-electron chi connectivity index (χ0n) is 10.4. The largest absolute Gasteiger partial charge is 0.480 e. The highest BCUT2D eigenvalue weighted by Crippen LogP contribution is 2.32. The Bertz CT molecular complexity index is 416. The number of carboxylic acids is 1. The molecule has 1 heterocycles. The molecular formula is C14H19NO2. The van der Waals surface area contributed by atoms with Crippen molar-refractivity contribution in [3.05, 3.63) is 29.8 Å². The van der Waals surface area contributed by atoms with Crippen LogP contribution in [0, 0.1) is 5.92 Å². The standard InChI is InChI=1S/C14H19NO2/c1-3-10(2)9-15-12-7-5-4-6-11(12)8-13(15)14(16)17/h4-7,10,13H,3,8-9H2,1-2H3,(H,16,17). The maximum atomic E-state index is 11.3. The van der Waals surface area contributed by atoms with Crippen LogP contribution in [-0.4, -0.2) is 23.7 Å². The van der Waals surface area contributed by atoms with E-state index in [9.17, 15) is 9.90 Å². The number of carboxylic acid groups (broad SMARTS) is 1. The van der Waals surface area contributed by atoms with Crippen molar-refractivity contribution in [2.24, 2.45) is 5.92 Å². The molecule has 0 saturated carbocycles. The zero-order chi connectivity index (χ0) is 12.4. The number of carbonyl (C=O) groups is 1. The van der Waals surface area contributed by atoms with E-state index >= 15 is 0 Å². The quantitative estimate of drug-likeness (QED) is 0.868. The first-order chi connectivity index (χ1) is 8.13. The van der Waals surface area contributed by atoms with Crippen molar-refractivity contribution >= 4 is 11.7 Å².